The largest absolute Gasteiger partial charge is 0.508 e. The van der Waals surface area contributed by atoms with Gasteiger partial charge >= 0.3 is 6.03 Å². The highest BCUT2D eigenvalue weighted by Crippen LogP contribution is 2.38. The van der Waals surface area contributed by atoms with Crippen LogP contribution in [-0.4, -0.2) is 76.4 Å². The summed E-state index contributed by atoms with van der Waals surface area (Å²) in [5, 5.41) is 17.8. The van der Waals surface area contributed by atoms with Crippen molar-refractivity contribution in [2.75, 3.05) is 41.8 Å². The Hall–Kier alpha value is -5.34. The van der Waals surface area contributed by atoms with Gasteiger partial charge in [0.1, 0.15) is 17.6 Å². The molecule has 0 radical (unpaired) electrons. The lowest BCUT2D eigenvalue weighted by molar-refractivity contribution is -0.121. The number of phenolic OH excluding ortho intramolecular Hbond substituents is 1. The molecule has 2 saturated heterocycles. The van der Waals surface area contributed by atoms with Crippen molar-refractivity contribution in [2.45, 2.75) is 44.4 Å². The molecule has 14 heteroatoms. The predicted octanol–water partition coefficient (Wildman–Crippen LogP) is 4.87. The number of nitrogens with zero attached hydrogens (tertiary/aromatic N) is 5. The molecule has 4 aromatic rings. The number of nitrogens with one attached hydrogen (secondary N) is 2. The molecular formula is C36H36FN7O5S. The lowest BCUT2D eigenvalue weighted by atomic mass is 10.0. The van der Waals surface area contributed by atoms with Gasteiger partial charge in [0, 0.05) is 79.3 Å². The van der Waals surface area contributed by atoms with Gasteiger partial charge in [-0.2, -0.15) is 0 Å². The first-order valence-electron chi connectivity index (χ1n) is 16.4. The summed E-state index contributed by atoms with van der Waals surface area (Å²) in [6.45, 7) is 2.63. The first-order chi connectivity index (χ1) is 24.2. The van der Waals surface area contributed by atoms with Crippen LogP contribution in [0.1, 0.15) is 52.4 Å². The highest BCUT2D eigenvalue weighted by Gasteiger charge is 2.40. The Morgan fingerprint density at radius 1 is 1.10 bits per heavy atom. The quantitative estimate of drug-likeness (QED) is 0.225. The lowest BCUT2D eigenvalue weighted by Crippen LogP contribution is -2.50. The molecule has 0 saturated carbocycles. The first-order valence-corrected chi connectivity index (χ1v) is 17.3. The number of carbonyl (C=O) groups is 4. The number of urea groups is 1. The number of amides is 5. The van der Waals surface area contributed by atoms with Crippen molar-refractivity contribution in [3.63, 3.8) is 0 Å². The van der Waals surface area contributed by atoms with E-state index in [1.807, 2.05) is 42.5 Å². The molecule has 12 nitrogen and oxygen atoms in total. The van der Waals surface area contributed by atoms with Crippen molar-refractivity contribution >= 4 is 51.6 Å². The van der Waals surface area contributed by atoms with E-state index in [2.05, 4.69) is 32.5 Å². The summed E-state index contributed by atoms with van der Waals surface area (Å²) < 4.78 is 14.4. The van der Waals surface area contributed by atoms with Crippen LogP contribution in [0.4, 0.5) is 25.7 Å². The summed E-state index contributed by atoms with van der Waals surface area (Å²) in [5.41, 5.74) is 3.89. The van der Waals surface area contributed by atoms with E-state index in [-0.39, 0.29) is 36.1 Å². The summed E-state index contributed by atoms with van der Waals surface area (Å²) in [7, 11) is 2.08. The van der Waals surface area contributed by atoms with E-state index >= 15 is 0 Å². The van der Waals surface area contributed by atoms with Crippen LogP contribution in [0.2, 0.25) is 0 Å². The maximum absolute atomic E-state index is 14.4. The minimum Gasteiger partial charge on any atom is -0.508 e. The second-order valence-corrected chi connectivity index (χ2v) is 13.6. The fourth-order valence-electron chi connectivity index (χ4n) is 7.04. The van der Waals surface area contributed by atoms with Crippen LogP contribution in [0.3, 0.4) is 0 Å². The van der Waals surface area contributed by atoms with E-state index in [0.717, 1.165) is 60.6 Å². The van der Waals surface area contributed by atoms with Crippen LogP contribution < -0.4 is 20.4 Å². The zero-order valence-electron chi connectivity index (χ0n) is 27.3. The maximum Gasteiger partial charge on any atom is 0.328 e. The average Bonchev–Trinajstić information content (AvgIpc) is 3.74. The van der Waals surface area contributed by atoms with Gasteiger partial charge in [0.15, 0.2) is 5.13 Å². The summed E-state index contributed by atoms with van der Waals surface area (Å²) >= 11 is 1.21. The average molecular weight is 698 g/mol. The minimum atomic E-state index is -1.29. The van der Waals surface area contributed by atoms with E-state index in [9.17, 15) is 28.7 Å². The Morgan fingerprint density at radius 2 is 1.90 bits per heavy atom. The summed E-state index contributed by atoms with van der Waals surface area (Å²) in [6, 6.07) is 15.5. The summed E-state index contributed by atoms with van der Waals surface area (Å²) in [4.78, 5) is 63.4. The monoisotopic (exact) mass is 697 g/mol. The molecule has 258 valence electrons. The Morgan fingerprint density at radius 3 is 2.66 bits per heavy atom. The third kappa shape index (κ3) is 6.63. The number of carbonyl (C=O) groups excluding carboxylic acids is 4. The number of imide groups is 1. The number of rotatable bonds is 9. The van der Waals surface area contributed by atoms with Crippen LogP contribution in [0.5, 0.6) is 5.75 Å². The van der Waals surface area contributed by atoms with Crippen molar-refractivity contribution in [1.82, 2.24) is 20.1 Å². The van der Waals surface area contributed by atoms with Gasteiger partial charge in [0.05, 0.1) is 0 Å². The zero-order valence-corrected chi connectivity index (χ0v) is 28.2. The predicted molar refractivity (Wildman–Crippen MR) is 187 cm³/mol. The standard InChI is InChI=1S/C36H36FN7O5S/c1-41(20-23-4-2-3-5-29(23)43-16-12-31(46)39-36(43)49)25-10-14-42(15-11-25)26-8-6-22-21-44(34(48)27(22)19-26)32(28-18-24(37)7-9-30(28)45)33(47)40-35-38-13-17-50-35/h2-9,13,17-19,25,32,45H,10-12,14-16,20-21H2,1H3,(H,38,40,47)(H,39,46,49). The van der Waals surface area contributed by atoms with Gasteiger partial charge in [0.2, 0.25) is 5.91 Å². The molecule has 3 aliphatic heterocycles. The fourth-order valence-corrected chi connectivity index (χ4v) is 7.57. The lowest BCUT2D eigenvalue weighted by Gasteiger charge is -2.38. The maximum atomic E-state index is 14.4. The van der Waals surface area contributed by atoms with Crippen LogP contribution in [-0.2, 0) is 22.7 Å². The molecule has 3 aliphatic rings. The smallest absolute Gasteiger partial charge is 0.328 e. The highest BCUT2D eigenvalue weighted by molar-refractivity contribution is 7.13. The molecule has 0 aliphatic carbocycles. The van der Waals surface area contributed by atoms with Gasteiger partial charge in [-0.05, 0) is 67.4 Å². The number of fused-ring (bicyclic) bond motifs is 1. The molecular weight excluding hydrogens is 662 g/mol. The number of aromatic hydroxyl groups is 1. The van der Waals surface area contributed by atoms with E-state index in [1.165, 1.54) is 28.5 Å². The Balaban J connectivity index is 1.03. The molecule has 7 rings (SSSR count). The van der Waals surface area contributed by atoms with Crippen LogP contribution in [0, 0.1) is 5.82 Å². The number of piperidine rings is 1. The zero-order chi connectivity index (χ0) is 34.9. The van der Waals surface area contributed by atoms with Gasteiger partial charge in [0.25, 0.3) is 11.8 Å². The van der Waals surface area contributed by atoms with Gasteiger partial charge in [-0.25, -0.2) is 14.2 Å². The Kier molecular flexibility index (Phi) is 9.21. The topological polar surface area (TPSA) is 138 Å². The van der Waals surface area contributed by atoms with E-state index in [1.54, 1.807) is 10.3 Å². The van der Waals surface area contributed by atoms with E-state index < -0.39 is 23.8 Å². The van der Waals surface area contributed by atoms with E-state index in [4.69, 9.17) is 0 Å². The SMILES string of the molecule is CN(Cc1ccccc1N1CCC(=O)NC1=O)C1CCN(c2ccc3c(c2)C(=O)N(C(C(=O)Nc2nccs2)c2cc(F)ccc2O)C3)CC1. The van der Waals surface area contributed by atoms with Crippen LogP contribution >= 0.6 is 11.3 Å². The number of benzene rings is 3. The van der Waals surface area contributed by atoms with Gasteiger partial charge < -0.3 is 14.9 Å². The molecule has 5 amide bonds. The molecule has 4 heterocycles. The molecule has 50 heavy (non-hydrogen) atoms. The molecule has 3 aromatic carbocycles. The van der Waals surface area contributed by atoms with Gasteiger partial charge in [-0.1, -0.05) is 24.3 Å². The van der Waals surface area contributed by atoms with Crippen molar-refractivity contribution in [1.29, 1.82) is 0 Å². The third-order valence-corrected chi connectivity index (χ3v) is 10.3. The molecule has 0 spiro atoms. The van der Waals surface area contributed by atoms with Gasteiger partial charge in [-0.3, -0.25) is 34.8 Å². The number of aromatic nitrogens is 1. The number of anilines is 3. The Bertz CT molecular complexity index is 1950. The van der Waals surface area contributed by atoms with Crippen molar-refractivity contribution in [2.24, 2.45) is 0 Å². The second kappa shape index (κ2) is 13.9. The molecule has 3 N–H and O–H groups in total. The second-order valence-electron chi connectivity index (χ2n) is 12.7. The van der Waals surface area contributed by atoms with E-state index in [0.29, 0.717) is 29.8 Å². The Labute approximate surface area is 292 Å². The highest BCUT2D eigenvalue weighted by atomic mass is 32.1. The number of halogens is 1. The normalized spacial score (nSPS) is 17.3. The number of para-hydroxylation sites is 1. The van der Waals surface area contributed by atoms with Crippen molar-refractivity contribution in [3.8, 4) is 5.75 Å². The van der Waals surface area contributed by atoms with Crippen molar-refractivity contribution in [3.05, 3.63) is 100 Å². The van der Waals surface area contributed by atoms with Crippen molar-refractivity contribution < 1.29 is 28.7 Å². The number of phenols is 1. The molecule has 1 aromatic heterocycles. The minimum absolute atomic E-state index is 0.0106. The number of hydrogen-bond donors (Lipinski definition) is 3. The number of hydrogen-bond acceptors (Lipinski definition) is 9. The molecule has 1 unspecified atom stereocenters. The molecule has 1 atom stereocenters. The molecule has 0 bridgehead atoms. The van der Waals surface area contributed by atoms with Gasteiger partial charge in [-0.15, -0.1) is 11.3 Å². The third-order valence-electron chi connectivity index (χ3n) is 9.64. The van der Waals surface area contributed by atoms with Crippen LogP contribution in [0.25, 0.3) is 0 Å². The number of thiazole rings is 1. The first kappa shape index (κ1) is 33.2. The summed E-state index contributed by atoms with van der Waals surface area (Å²) in [5.74, 6) is -2.18. The fraction of sp³-hybridized carbons (Fsp3) is 0.306. The summed E-state index contributed by atoms with van der Waals surface area (Å²) in [6.07, 6.45) is 3.56. The molecule has 2 fully saturated rings. The van der Waals surface area contributed by atoms with Crippen LogP contribution in [0.15, 0.2) is 72.2 Å².